The van der Waals surface area contributed by atoms with Crippen molar-refractivity contribution in [3.63, 3.8) is 0 Å². The van der Waals surface area contributed by atoms with Gasteiger partial charge in [-0.15, -0.1) is 0 Å². The topological polar surface area (TPSA) is 86.8 Å². The quantitative estimate of drug-likeness (QED) is 0.377. The molecule has 39 heavy (non-hydrogen) atoms. The molecule has 1 aliphatic rings. The molecule has 0 heterocycles. The highest BCUT2D eigenvalue weighted by molar-refractivity contribution is 7.92. The van der Waals surface area contributed by atoms with Crippen molar-refractivity contribution in [3.8, 4) is 0 Å². The smallest absolute Gasteiger partial charge is 0.264 e. The summed E-state index contributed by atoms with van der Waals surface area (Å²) in [4.78, 5) is 28.8. The molecule has 0 radical (unpaired) electrons. The van der Waals surface area contributed by atoms with Crippen molar-refractivity contribution in [1.82, 2.24) is 10.2 Å². The number of nitrogens with one attached hydrogen (secondary N) is 1. The molecular weight excluding hydrogens is 510 g/mol. The van der Waals surface area contributed by atoms with Gasteiger partial charge in [0.25, 0.3) is 10.0 Å². The van der Waals surface area contributed by atoms with Crippen molar-refractivity contribution < 1.29 is 18.0 Å². The fourth-order valence-corrected chi connectivity index (χ4v) is 6.54. The second-order valence-corrected chi connectivity index (χ2v) is 12.0. The number of carbonyl (C=O) groups is 2. The molecule has 0 spiro atoms. The maximum Gasteiger partial charge on any atom is 0.264 e. The SMILES string of the molecule is Cc1ccccc1N(CC(=O)N(CCc1ccccc1)[C@@H](C)C(=O)NC1CCCC1)S(=O)(=O)c1ccccc1. The fourth-order valence-electron chi connectivity index (χ4n) is 5.04. The van der Waals surface area contributed by atoms with E-state index in [0.717, 1.165) is 41.1 Å². The third-order valence-corrected chi connectivity index (χ3v) is 9.12. The van der Waals surface area contributed by atoms with Crippen LogP contribution < -0.4 is 9.62 Å². The first-order valence-corrected chi connectivity index (χ1v) is 15.0. The molecule has 3 aromatic rings. The van der Waals surface area contributed by atoms with Crippen molar-refractivity contribution in [2.75, 3.05) is 17.4 Å². The van der Waals surface area contributed by atoms with Crippen molar-refractivity contribution in [2.24, 2.45) is 0 Å². The molecule has 206 valence electrons. The van der Waals surface area contributed by atoms with Gasteiger partial charge in [-0.1, -0.05) is 79.6 Å². The molecular formula is C31H37N3O4S. The first-order valence-electron chi connectivity index (χ1n) is 13.5. The lowest BCUT2D eigenvalue weighted by Crippen LogP contribution is -2.53. The third-order valence-electron chi connectivity index (χ3n) is 7.35. The molecule has 1 fully saturated rings. The molecule has 0 aliphatic heterocycles. The second-order valence-electron chi connectivity index (χ2n) is 10.1. The van der Waals surface area contributed by atoms with E-state index in [4.69, 9.17) is 0 Å². The first-order chi connectivity index (χ1) is 18.8. The summed E-state index contributed by atoms with van der Waals surface area (Å²) in [7, 11) is -4.05. The molecule has 0 bridgehead atoms. The molecule has 8 heteroatoms. The van der Waals surface area contributed by atoms with Gasteiger partial charge in [0, 0.05) is 12.6 Å². The first kappa shape index (κ1) is 28.4. The fraction of sp³-hybridized carbons (Fsp3) is 0.355. The standard InChI is InChI=1S/C31H37N3O4S/c1-24-13-9-12-20-29(24)34(39(37,38)28-18-7-4-8-19-28)23-30(35)33(22-21-26-14-5-3-6-15-26)25(2)31(36)32-27-16-10-11-17-27/h3-9,12-15,18-20,25,27H,10-11,16-17,21-23H2,1-2H3,(H,32,36)/t25-/m0/s1. The minimum Gasteiger partial charge on any atom is -0.352 e. The van der Waals surface area contributed by atoms with Crippen molar-refractivity contribution >= 4 is 27.5 Å². The summed E-state index contributed by atoms with van der Waals surface area (Å²) in [6.45, 7) is 3.40. The van der Waals surface area contributed by atoms with E-state index in [1.165, 1.54) is 17.0 Å². The van der Waals surface area contributed by atoms with Gasteiger partial charge in [-0.2, -0.15) is 0 Å². The molecule has 0 unspecified atom stereocenters. The Morgan fingerprint density at radius 3 is 2.13 bits per heavy atom. The Kier molecular flexibility index (Phi) is 9.41. The molecule has 1 atom stereocenters. The van der Waals surface area contributed by atoms with E-state index < -0.39 is 28.5 Å². The van der Waals surface area contributed by atoms with Crippen LogP contribution >= 0.6 is 0 Å². The number of hydrogen-bond acceptors (Lipinski definition) is 4. The number of amides is 2. The summed E-state index contributed by atoms with van der Waals surface area (Å²) < 4.78 is 28.8. The number of benzene rings is 3. The Labute approximate surface area is 231 Å². The summed E-state index contributed by atoms with van der Waals surface area (Å²) >= 11 is 0. The van der Waals surface area contributed by atoms with Crippen LogP contribution in [0, 0.1) is 6.92 Å². The molecule has 1 aliphatic carbocycles. The number of carbonyl (C=O) groups excluding carboxylic acids is 2. The van der Waals surface area contributed by atoms with Gasteiger partial charge >= 0.3 is 0 Å². The largest absolute Gasteiger partial charge is 0.352 e. The van der Waals surface area contributed by atoms with Crippen LogP contribution in [-0.2, 0) is 26.0 Å². The van der Waals surface area contributed by atoms with E-state index in [0.29, 0.717) is 12.1 Å². The molecule has 1 saturated carbocycles. The van der Waals surface area contributed by atoms with Crippen LogP contribution in [0.1, 0.15) is 43.7 Å². The predicted molar refractivity (Wildman–Crippen MR) is 154 cm³/mol. The zero-order valence-electron chi connectivity index (χ0n) is 22.6. The highest BCUT2D eigenvalue weighted by atomic mass is 32.2. The highest BCUT2D eigenvalue weighted by Gasteiger charge is 2.33. The lowest BCUT2D eigenvalue weighted by molar-refractivity contribution is -0.139. The van der Waals surface area contributed by atoms with E-state index in [1.807, 2.05) is 49.4 Å². The minimum absolute atomic E-state index is 0.101. The summed E-state index contributed by atoms with van der Waals surface area (Å²) in [6.07, 6.45) is 4.58. The lowest BCUT2D eigenvalue weighted by Gasteiger charge is -2.33. The average Bonchev–Trinajstić information content (AvgIpc) is 3.46. The van der Waals surface area contributed by atoms with Gasteiger partial charge < -0.3 is 10.2 Å². The Morgan fingerprint density at radius 2 is 1.49 bits per heavy atom. The van der Waals surface area contributed by atoms with Crippen LogP contribution in [0.2, 0.25) is 0 Å². The number of sulfonamides is 1. The van der Waals surface area contributed by atoms with E-state index in [9.17, 15) is 18.0 Å². The molecule has 0 saturated heterocycles. The van der Waals surface area contributed by atoms with Gasteiger partial charge in [0.1, 0.15) is 12.6 Å². The maximum absolute atomic E-state index is 14.0. The molecule has 1 N–H and O–H groups in total. The summed E-state index contributed by atoms with van der Waals surface area (Å²) in [5, 5.41) is 3.10. The highest BCUT2D eigenvalue weighted by Crippen LogP contribution is 2.27. The molecule has 4 rings (SSSR count). The number of nitrogens with zero attached hydrogens (tertiary/aromatic N) is 2. The van der Waals surface area contributed by atoms with Crippen LogP contribution in [0.4, 0.5) is 5.69 Å². The molecule has 2 amide bonds. The summed E-state index contributed by atoms with van der Waals surface area (Å²) in [5.74, 6) is -0.639. The Hall–Kier alpha value is -3.65. The monoisotopic (exact) mass is 547 g/mol. The third kappa shape index (κ3) is 7.06. The van der Waals surface area contributed by atoms with Crippen LogP contribution in [0.5, 0.6) is 0 Å². The summed E-state index contributed by atoms with van der Waals surface area (Å²) in [5.41, 5.74) is 2.19. The Balaban J connectivity index is 1.64. The van der Waals surface area contributed by atoms with E-state index in [1.54, 1.807) is 37.3 Å². The van der Waals surface area contributed by atoms with Crippen molar-refractivity contribution in [1.29, 1.82) is 0 Å². The number of aryl methyl sites for hydroxylation is 1. The second kappa shape index (κ2) is 12.9. The number of anilines is 1. The maximum atomic E-state index is 14.0. The van der Waals surface area contributed by atoms with Crippen LogP contribution in [0.25, 0.3) is 0 Å². The van der Waals surface area contributed by atoms with Crippen LogP contribution in [-0.4, -0.2) is 50.3 Å². The van der Waals surface area contributed by atoms with E-state index in [2.05, 4.69) is 5.32 Å². The van der Waals surface area contributed by atoms with Gasteiger partial charge in [0.05, 0.1) is 10.6 Å². The molecule has 0 aromatic heterocycles. The predicted octanol–water partition coefficient (Wildman–Crippen LogP) is 4.71. The zero-order valence-corrected chi connectivity index (χ0v) is 23.4. The molecule has 3 aromatic carbocycles. The van der Waals surface area contributed by atoms with Gasteiger partial charge in [-0.3, -0.25) is 13.9 Å². The Morgan fingerprint density at radius 1 is 0.897 bits per heavy atom. The Bertz CT molecular complexity index is 1360. The van der Waals surface area contributed by atoms with Gasteiger partial charge in [0.15, 0.2) is 0 Å². The van der Waals surface area contributed by atoms with E-state index >= 15 is 0 Å². The average molecular weight is 548 g/mol. The number of hydrogen-bond donors (Lipinski definition) is 1. The van der Waals surface area contributed by atoms with Crippen molar-refractivity contribution in [2.45, 2.75) is 62.9 Å². The number of rotatable bonds is 11. The van der Waals surface area contributed by atoms with E-state index in [-0.39, 0.29) is 23.4 Å². The van der Waals surface area contributed by atoms with Crippen LogP contribution in [0.15, 0.2) is 89.8 Å². The summed E-state index contributed by atoms with van der Waals surface area (Å²) in [6, 6.07) is 24.3. The normalized spacial score (nSPS) is 14.5. The number of para-hydroxylation sites is 1. The van der Waals surface area contributed by atoms with Gasteiger partial charge in [-0.05, 0) is 62.4 Å². The van der Waals surface area contributed by atoms with Gasteiger partial charge in [0.2, 0.25) is 11.8 Å². The van der Waals surface area contributed by atoms with Crippen LogP contribution in [0.3, 0.4) is 0 Å². The lowest BCUT2D eigenvalue weighted by atomic mass is 10.1. The minimum atomic E-state index is -4.05. The van der Waals surface area contributed by atoms with Crippen molar-refractivity contribution in [3.05, 3.63) is 96.1 Å². The zero-order chi connectivity index (χ0) is 27.8. The van der Waals surface area contributed by atoms with Gasteiger partial charge in [-0.25, -0.2) is 8.42 Å². The molecule has 7 nitrogen and oxygen atoms in total.